The van der Waals surface area contributed by atoms with Crippen molar-refractivity contribution in [2.45, 2.75) is 44.8 Å². The van der Waals surface area contributed by atoms with Crippen LogP contribution in [0.25, 0.3) is 22.0 Å². The molecule has 0 fully saturated rings. The molecule has 8 heteroatoms. The minimum atomic E-state index is -1.22. The lowest BCUT2D eigenvalue weighted by Gasteiger charge is -2.20. The standard InChI is InChI=1S/C31H30N2O6/c1-31(2,3)39-30(37)33-15-14-20-13-12-19(17-27(20)33)16-26(28(34)35)32-29(36)38-18-25-23-10-6-4-8-21(23)22-9-5-7-11-24(22)25/h4-15,17,25-26H,16,18H2,1-3H3,(H,32,36)(H,34,35)/t26-/m0/s1. The summed E-state index contributed by atoms with van der Waals surface area (Å²) in [6, 6.07) is 21.9. The summed E-state index contributed by atoms with van der Waals surface area (Å²) in [4.78, 5) is 37.4. The normalized spacial score (nSPS) is 13.4. The van der Waals surface area contributed by atoms with E-state index >= 15 is 0 Å². The van der Waals surface area contributed by atoms with E-state index in [4.69, 9.17) is 9.47 Å². The topological polar surface area (TPSA) is 107 Å². The molecule has 0 saturated heterocycles. The van der Waals surface area contributed by atoms with Gasteiger partial charge in [0, 0.05) is 23.9 Å². The monoisotopic (exact) mass is 526 g/mol. The lowest BCUT2D eigenvalue weighted by molar-refractivity contribution is -0.139. The van der Waals surface area contributed by atoms with Crippen LogP contribution in [0, 0.1) is 0 Å². The SMILES string of the molecule is CC(C)(C)OC(=O)n1ccc2ccc(C[C@H](NC(=O)OCC3c4ccccc4-c4ccccc43)C(=O)O)cc21. The van der Waals surface area contributed by atoms with Gasteiger partial charge in [-0.15, -0.1) is 0 Å². The van der Waals surface area contributed by atoms with E-state index in [0.29, 0.717) is 11.1 Å². The lowest BCUT2D eigenvalue weighted by Crippen LogP contribution is -2.42. The van der Waals surface area contributed by atoms with E-state index in [0.717, 1.165) is 27.6 Å². The molecule has 4 aromatic rings. The van der Waals surface area contributed by atoms with Gasteiger partial charge in [-0.05, 0) is 60.7 Å². The number of nitrogens with zero attached hydrogens (tertiary/aromatic N) is 1. The molecule has 1 atom stereocenters. The lowest BCUT2D eigenvalue weighted by atomic mass is 9.98. The average molecular weight is 527 g/mol. The maximum Gasteiger partial charge on any atom is 0.418 e. The Morgan fingerprint density at radius 2 is 1.59 bits per heavy atom. The highest BCUT2D eigenvalue weighted by Crippen LogP contribution is 2.44. The molecule has 0 saturated carbocycles. The Labute approximate surface area is 226 Å². The van der Waals surface area contributed by atoms with E-state index in [1.165, 1.54) is 4.57 Å². The summed E-state index contributed by atoms with van der Waals surface area (Å²) in [7, 11) is 0. The molecule has 1 amide bonds. The van der Waals surface area contributed by atoms with Crippen LogP contribution in [0.5, 0.6) is 0 Å². The van der Waals surface area contributed by atoms with Gasteiger partial charge in [-0.3, -0.25) is 4.57 Å². The number of hydrogen-bond acceptors (Lipinski definition) is 5. The predicted molar refractivity (Wildman–Crippen MR) is 147 cm³/mol. The summed E-state index contributed by atoms with van der Waals surface area (Å²) in [6.45, 7) is 5.44. The van der Waals surface area contributed by atoms with Gasteiger partial charge in [-0.25, -0.2) is 14.4 Å². The third kappa shape index (κ3) is 5.50. The van der Waals surface area contributed by atoms with Gasteiger partial charge in [0.15, 0.2) is 0 Å². The molecular weight excluding hydrogens is 496 g/mol. The molecule has 0 bridgehead atoms. The number of ether oxygens (including phenoxy) is 2. The van der Waals surface area contributed by atoms with E-state index in [-0.39, 0.29) is 18.9 Å². The number of rotatable bonds is 6. The number of aliphatic carboxylic acids is 1. The van der Waals surface area contributed by atoms with Crippen LogP contribution in [0.1, 0.15) is 43.4 Å². The van der Waals surface area contributed by atoms with Crippen molar-refractivity contribution in [1.29, 1.82) is 0 Å². The largest absolute Gasteiger partial charge is 0.480 e. The number of amides is 1. The van der Waals surface area contributed by atoms with Gasteiger partial charge < -0.3 is 19.9 Å². The maximum atomic E-state index is 12.7. The molecule has 1 aliphatic carbocycles. The number of aromatic nitrogens is 1. The third-order valence-corrected chi connectivity index (χ3v) is 6.72. The third-order valence-electron chi connectivity index (χ3n) is 6.72. The summed E-state index contributed by atoms with van der Waals surface area (Å²) in [5.41, 5.74) is 4.93. The molecule has 1 aromatic heterocycles. The Morgan fingerprint density at radius 1 is 0.949 bits per heavy atom. The van der Waals surface area contributed by atoms with E-state index < -0.39 is 29.8 Å². The van der Waals surface area contributed by atoms with Gasteiger partial charge in [0.25, 0.3) is 0 Å². The Kier molecular flexibility index (Phi) is 6.87. The summed E-state index contributed by atoms with van der Waals surface area (Å²) >= 11 is 0. The van der Waals surface area contributed by atoms with Crippen molar-refractivity contribution in [2.24, 2.45) is 0 Å². The second kappa shape index (κ2) is 10.3. The Bertz CT molecular complexity index is 1520. The minimum absolute atomic E-state index is 0.00890. The zero-order chi connectivity index (χ0) is 27.7. The number of fused-ring (bicyclic) bond motifs is 4. The number of carboxylic acids is 1. The molecule has 39 heavy (non-hydrogen) atoms. The highest BCUT2D eigenvalue weighted by atomic mass is 16.6. The first-order chi connectivity index (χ1) is 18.6. The molecule has 200 valence electrons. The van der Waals surface area contributed by atoms with Crippen LogP contribution in [-0.4, -0.2) is 46.1 Å². The van der Waals surface area contributed by atoms with E-state index in [2.05, 4.69) is 5.32 Å². The van der Waals surface area contributed by atoms with Crippen LogP contribution in [0.15, 0.2) is 79.0 Å². The zero-order valence-corrected chi connectivity index (χ0v) is 22.0. The van der Waals surface area contributed by atoms with Crippen molar-refractivity contribution < 1.29 is 29.0 Å². The van der Waals surface area contributed by atoms with Crippen LogP contribution in [0.3, 0.4) is 0 Å². The number of carbonyl (C=O) groups is 3. The number of hydrogen-bond donors (Lipinski definition) is 2. The van der Waals surface area contributed by atoms with Crippen LogP contribution >= 0.6 is 0 Å². The molecular formula is C31H30N2O6. The summed E-state index contributed by atoms with van der Waals surface area (Å²) in [5, 5.41) is 13.1. The van der Waals surface area contributed by atoms with Crippen molar-refractivity contribution in [3.8, 4) is 11.1 Å². The fraction of sp³-hybridized carbons (Fsp3) is 0.258. The number of carboxylic acid groups (broad SMARTS) is 1. The van der Waals surface area contributed by atoms with E-state index in [9.17, 15) is 19.5 Å². The predicted octanol–water partition coefficient (Wildman–Crippen LogP) is 5.96. The van der Waals surface area contributed by atoms with Crippen LogP contribution in [-0.2, 0) is 20.7 Å². The number of alkyl carbamates (subject to hydrolysis) is 1. The first-order valence-electron chi connectivity index (χ1n) is 12.8. The molecule has 3 aromatic carbocycles. The summed E-state index contributed by atoms with van der Waals surface area (Å²) in [6.07, 6.45) is 0.296. The van der Waals surface area contributed by atoms with E-state index in [1.807, 2.05) is 48.5 Å². The van der Waals surface area contributed by atoms with Crippen molar-refractivity contribution in [3.05, 3.63) is 95.7 Å². The van der Waals surface area contributed by atoms with Gasteiger partial charge in [-0.2, -0.15) is 0 Å². The van der Waals surface area contributed by atoms with Crippen LogP contribution in [0.4, 0.5) is 9.59 Å². The fourth-order valence-electron chi connectivity index (χ4n) is 4.99. The molecule has 2 N–H and O–H groups in total. The summed E-state index contributed by atoms with van der Waals surface area (Å²) in [5.74, 6) is -1.32. The number of benzene rings is 3. The average Bonchev–Trinajstić information content (AvgIpc) is 3.45. The molecule has 0 aliphatic heterocycles. The van der Waals surface area contributed by atoms with Gasteiger partial charge in [0.05, 0.1) is 5.52 Å². The number of nitrogens with one attached hydrogen (secondary N) is 1. The van der Waals surface area contributed by atoms with Gasteiger partial charge in [0.1, 0.15) is 18.2 Å². The van der Waals surface area contributed by atoms with Gasteiger partial charge >= 0.3 is 18.2 Å². The second-order valence-corrected chi connectivity index (χ2v) is 10.6. The Balaban J connectivity index is 1.27. The second-order valence-electron chi connectivity index (χ2n) is 10.6. The first-order valence-corrected chi connectivity index (χ1v) is 12.8. The van der Waals surface area contributed by atoms with Crippen LogP contribution < -0.4 is 5.32 Å². The smallest absolute Gasteiger partial charge is 0.418 e. The van der Waals surface area contributed by atoms with Crippen molar-refractivity contribution in [3.63, 3.8) is 0 Å². The fourth-order valence-corrected chi connectivity index (χ4v) is 4.99. The minimum Gasteiger partial charge on any atom is -0.480 e. The Morgan fingerprint density at radius 3 is 2.21 bits per heavy atom. The Hall–Kier alpha value is -4.59. The number of carbonyl (C=O) groups excluding carboxylic acids is 2. The van der Waals surface area contributed by atoms with Gasteiger partial charge in [0.2, 0.25) is 0 Å². The highest BCUT2D eigenvalue weighted by molar-refractivity contribution is 5.90. The maximum absolute atomic E-state index is 12.7. The quantitative estimate of drug-likeness (QED) is 0.321. The molecule has 0 spiro atoms. The van der Waals surface area contributed by atoms with Crippen molar-refractivity contribution in [2.75, 3.05) is 6.61 Å². The van der Waals surface area contributed by atoms with Crippen molar-refractivity contribution >= 4 is 29.1 Å². The molecule has 0 unspecified atom stereocenters. The molecule has 8 nitrogen and oxygen atoms in total. The highest BCUT2D eigenvalue weighted by Gasteiger charge is 2.30. The van der Waals surface area contributed by atoms with E-state index in [1.54, 1.807) is 51.2 Å². The molecule has 1 aliphatic rings. The van der Waals surface area contributed by atoms with Gasteiger partial charge in [-0.1, -0.05) is 60.7 Å². The molecule has 1 heterocycles. The van der Waals surface area contributed by atoms with Crippen molar-refractivity contribution in [1.82, 2.24) is 9.88 Å². The zero-order valence-electron chi connectivity index (χ0n) is 22.0. The van der Waals surface area contributed by atoms with Crippen LogP contribution in [0.2, 0.25) is 0 Å². The molecule has 0 radical (unpaired) electrons. The molecule has 5 rings (SSSR count). The first kappa shape index (κ1) is 26.0. The summed E-state index contributed by atoms with van der Waals surface area (Å²) < 4.78 is 12.4.